The molecular weight excluding hydrogens is 904 g/mol. The number of ether oxygens (including phenoxy) is 15. The summed E-state index contributed by atoms with van der Waals surface area (Å²) in [6.45, 7) is 12.0. The van der Waals surface area contributed by atoms with Gasteiger partial charge in [0.15, 0.2) is 55.3 Å². The van der Waals surface area contributed by atoms with Crippen molar-refractivity contribution in [3.63, 3.8) is 0 Å². The van der Waals surface area contributed by atoms with E-state index in [0.717, 1.165) is 69.2 Å². The van der Waals surface area contributed by atoms with Crippen molar-refractivity contribution < 1.29 is 119 Å². The fourth-order valence-electron chi connectivity index (χ4n) is 7.40. The van der Waals surface area contributed by atoms with Crippen LogP contribution in [0, 0.1) is 0 Å². The van der Waals surface area contributed by atoms with E-state index in [4.69, 9.17) is 71.1 Å². The second kappa shape index (κ2) is 26.0. The van der Waals surface area contributed by atoms with Gasteiger partial charge in [-0.2, -0.15) is 0 Å². The lowest BCUT2D eigenvalue weighted by molar-refractivity contribution is -0.374. The van der Waals surface area contributed by atoms with E-state index < -0.39 is 171 Å². The van der Waals surface area contributed by atoms with Crippen LogP contribution >= 0.6 is 0 Å². The predicted octanol–water partition coefficient (Wildman–Crippen LogP) is 0.151. The zero-order valence-electron chi connectivity index (χ0n) is 38.7. The van der Waals surface area contributed by atoms with Crippen molar-refractivity contribution in [2.45, 2.75) is 174 Å². The van der Waals surface area contributed by atoms with E-state index in [9.17, 15) is 47.9 Å². The highest BCUT2D eigenvalue weighted by atomic mass is 16.8. The summed E-state index contributed by atoms with van der Waals surface area (Å²) in [7, 11) is 0. The molecule has 3 fully saturated rings. The number of hydrogen-bond acceptors (Lipinski definition) is 25. The first-order valence-corrected chi connectivity index (χ1v) is 20.9. The van der Waals surface area contributed by atoms with Crippen molar-refractivity contribution in [2.24, 2.45) is 0 Å². The normalized spacial score (nSPS) is 31.3. The van der Waals surface area contributed by atoms with Crippen LogP contribution in [0.25, 0.3) is 0 Å². The molecule has 3 heterocycles. The van der Waals surface area contributed by atoms with Gasteiger partial charge in [0.25, 0.3) is 0 Å². The Labute approximate surface area is 384 Å². The maximum absolute atomic E-state index is 13.0. The first-order valence-electron chi connectivity index (χ1n) is 20.9. The molecule has 0 saturated carbocycles. The predicted molar refractivity (Wildman–Crippen MR) is 214 cm³/mol. The molecule has 67 heavy (non-hydrogen) atoms. The minimum atomic E-state index is -1.97. The lowest BCUT2D eigenvalue weighted by Gasteiger charge is -2.50. The van der Waals surface area contributed by atoms with Crippen molar-refractivity contribution in [1.29, 1.82) is 0 Å². The van der Waals surface area contributed by atoms with Crippen LogP contribution in [0.1, 0.15) is 82.1 Å². The van der Waals surface area contributed by atoms with E-state index in [1.165, 1.54) is 0 Å². The third-order valence-electron chi connectivity index (χ3n) is 9.62. The lowest BCUT2D eigenvalue weighted by atomic mass is 9.91. The van der Waals surface area contributed by atoms with Gasteiger partial charge in [-0.15, -0.1) is 6.58 Å². The molecular formula is C42H58O25. The third kappa shape index (κ3) is 17.1. The molecule has 15 atom stereocenters. The first-order chi connectivity index (χ1) is 31.4. The molecule has 3 aliphatic heterocycles. The molecule has 3 saturated heterocycles. The van der Waals surface area contributed by atoms with Gasteiger partial charge < -0.3 is 71.1 Å². The average Bonchev–Trinajstić information content (AvgIpc) is 3.19. The number of carbonyl (C=O) groups is 10. The number of rotatable bonds is 20. The summed E-state index contributed by atoms with van der Waals surface area (Å²) < 4.78 is 86.6. The van der Waals surface area contributed by atoms with Crippen LogP contribution in [0.5, 0.6) is 0 Å². The maximum Gasteiger partial charge on any atom is 0.303 e. The summed E-state index contributed by atoms with van der Waals surface area (Å²) in [4.78, 5) is 125. The fourth-order valence-corrected chi connectivity index (χ4v) is 7.40. The Kier molecular flexibility index (Phi) is 21.5. The van der Waals surface area contributed by atoms with Crippen LogP contribution in [0.15, 0.2) is 12.7 Å². The van der Waals surface area contributed by atoms with E-state index in [1.807, 2.05) is 0 Å². The van der Waals surface area contributed by atoms with Crippen molar-refractivity contribution >= 4 is 59.7 Å². The molecule has 3 rings (SSSR count). The van der Waals surface area contributed by atoms with Crippen molar-refractivity contribution in [3.05, 3.63) is 12.7 Å². The first kappa shape index (κ1) is 55.6. The zero-order chi connectivity index (χ0) is 50.3. The Morgan fingerprint density at radius 2 is 0.627 bits per heavy atom. The summed E-state index contributed by atoms with van der Waals surface area (Å²) in [6.07, 6.45) is -22.9. The zero-order valence-corrected chi connectivity index (χ0v) is 38.7. The highest BCUT2D eigenvalue weighted by Gasteiger charge is 2.60. The second-order valence-corrected chi connectivity index (χ2v) is 15.3. The van der Waals surface area contributed by atoms with E-state index in [1.54, 1.807) is 6.08 Å². The number of allylic oxidation sites excluding steroid dienone is 1. The smallest absolute Gasteiger partial charge is 0.303 e. The van der Waals surface area contributed by atoms with Crippen LogP contribution in [0.4, 0.5) is 0 Å². The quantitative estimate of drug-likeness (QED) is 0.0891. The Hall–Kier alpha value is -5.76. The monoisotopic (exact) mass is 962 g/mol. The van der Waals surface area contributed by atoms with Gasteiger partial charge >= 0.3 is 59.7 Å². The molecule has 0 bridgehead atoms. The Bertz CT molecular complexity index is 1810. The molecule has 3 aliphatic rings. The second-order valence-electron chi connectivity index (χ2n) is 15.3. The van der Waals surface area contributed by atoms with Gasteiger partial charge in [0.05, 0.1) is 6.10 Å². The Morgan fingerprint density at radius 1 is 0.358 bits per heavy atom. The van der Waals surface area contributed by atoms with E-state index in [2.05, 4.69) is 6.58 Å². The van der Waals surface area contributed by atoms with Crippen LogP contribution < -0.4 is 0 Å². The highest BCUT2D eigenvalue weighted by molar-refractivity contribution is 5.70. The summed E-state index contributed by atoms with van der Waals surface area (Å²) in [6, 6.07) is 0. The molecule has 0 aliphatic carbocycles. The topological polar surface area (TPSA) is 309 Å². The molecule has 0 spiro atoms. The summed E-state index contributed by atoms with van der Waals surface area (Å²) >= 11 is 0. The Balaban J connectivity index is 2.30. The van der Waals surface area contributed by atoms with Gasteiger partial charge in [-0.05, 0) is 12.8 Å². The van der Waals surface area contributed by atoms with E-state index >= 15 is 0 Å². The maximum atomic E-state index is 13.0. The average molecular weight is 963 g/mol. The van der Waals surface area contributed by atoms with Crippen molar-refractivity contribution in [2.75, 3.05) is 19.8 Å². The molecule has 25 heteroatoms. The fraction of sp³-hybridized carbons (Fsp3) is 0.714. The van der Waals surface area contributed by atoms with Crippen molar-refractivity contribution in [1.82, 2.24) is 0 Å². The largest absolute Gasteiger partial charge is 0.463 e. The highest BCUT2D eigenvalue weighted by Crippen LogP contribution is 2.38. The standard InChI is InChI=1S/C42H58O25/c1-12-13-14-28-32(56-21(5)46)36(58-23(7)48)34(29(63-28)15-53-18(2)43)66-42-40(62-27(11)52)38(60-25(9)50)35(31(65-42)17-55-20(4)45)67-41-39(61-26(10)51)37(59-24(8)49)33(57-22(6)47)30(64-41)16-54-19(3)44/h12,28-42H,1,13-17H2,2-11H3/t28-,29+,30+,31+,32-,33-,34+,35+,36+,37-,38-,39+,40+,41-,42-/m0/s1. The number of hydrogen-bond donors (Lipinski definition) is 0. The Morgan fingerprint density at radius 3 is 0.955 bits per heavy atom. The lowest BCUT2D eigenvalue weighted by Crippen LogP contribution is -2.68. The number of esters is 10. The molecule has 0 amide bonds. The molecule has 0 N–H and O–H groups in total. The molecule has 376 valence electrons. The van der Waals surface area contributed by atoms with Crippen molar-refractivity contribution in [3.8, 4) is 0 Å². The number of carbonyl (C=O) groups excluding carboxylic acids is 10. The van der Waals surface area contributed by atoms with Gasteiger partial charge in [-0.3, -0.25) is 47.9 Å². The van der Waals surface area contributed by atoms with Gasteiger partial charge in [-0.25, -0.2) is 0 Å². The summed E-state index contributed by atoms with van der Waals surface area (Å²) in [5.41, 5.74) is 0. The van der Waals surface area contributed by atoms with Gasteiger partial charge in [0.1, 0.15) is 50.3 Å². The molecule has 0 aromatic heterocycles. The summed E-state index contributed by atoms with van der Waals surface area (Å²) in [5, 5.41) is 0. The molecule has 0 unspecified atom stereocenters. The SMILES string of the molecule is C=CCC[C@@H]1O[C@H](COC(C)=O)[C@@H](O[C@@H]2O[C@H](COC(C)=O)[C@@H](O[C@@H]3O[C@H](COC(C)=O)[C@H](OC(C)=O)[C@H](OC(C)=O)[C@H]3OC(C)=O)[C@H](OC(C)=O)[C@H]2OC(C)=O)[C@H](OC(C)=O)[C@H]1OC(C)=O. The third-order valence-corrected chi connectivity index (χ3v) is 9.62. The van der Waals surface area contributed by atoms with E-state index in [0.29, 0.717) is 6.42 Å². The minimum absolute atomic E-state index is 0.149. The van der Waals surface area contributed by atoms with Gasteiger partial charge in [0, 0.05) is 69.2 Å². The molecule has 0 aromatic rings. The van der Waals surface area contributed by atoms with Gasteiger partial charge in [-0.1, -0.05) is 6.08 Å². The summed E-state index contributed by atoms with van der Waals surface area (Å²) in [5.74, 6) is -9.12. The van der Waals surface area contributed by atoms with Crippen LogP contribution in [-0.2, 0) is 119 Å². The minimum Gasteiger partial charge on any atom is -0.463 e. The van der Waals surface area contributed by atoms with Crippen LogP contribution in [-0.4, -0.2) is 171 Å². The molecule has 0 aromatic carbocycles. The van der Waals surface area contributed by atoms with E-state index in [-0.39, 0.29) is 6.42 Å². The molecule has 25 nitrogen and oxygen atoms in total. The van der Waals surface area contributed by atoms with Crippen LogP contribution in [0.3, 0.4) is 0 Å². The molecule has 0 radical (unpaired) electrons. The van der Waals surface area contributed by atoms with Crippen LogP contribution in [0.2, 0.25) is 0 Å². The van der Waals surface area contributed by atoms with Gasteiger partial charge in [0.2, 0.25) is 0 Å².